The zero-order valence-electron chi connectivity index (χ0n) is 14.2. The summed E-state index contributed by atoms with van der Waals surface area (Å²) in [5, 5.41) is 8.55. The van der Waals surface area contributed by atoms with Crippen LogP contribution in [-0.4, -0.2) is 55.7 Å². The summed E-state index contributed by atoms with van der Waals surface area (Å²) in [5.74, 6) is -0.0968. The maximum atomic E-state index is 12.6. The zero-order chi connectivity index (χ0) is 19.6. The third-order valence-electron chi connectivity index (χ3n) is 3.82. The molecule has 2 aromatic rings. The molecule has 0 bridgehead atoms. The molecule has 1 fully saturated rings. The van der Waals surface area contributed by atoms with E-state index in [0.29, 0.717) is 41.9 Å². The minimum atomic E-state index is -3.97. The van der Waals surface area contributed by atoms with Gasteiger partial charge in [0.05, 0.1) is 24.7 Å². The molecule has 8 nitrogen and oxygen atoms in total. The van der Waals surface area contributed by atoms with E-state index < -0.39 is 10.0 Å². The number of hydrogen-bond acceptors (Lipinski definition) is 7. The molecule has 0 saturated carbocycles. The maximum Gasteiger partial charge on any atom is 0.265 e. The number of nitrogens with zero attached hydrogens (tertiary/aromatic N) is 3. The van der Waals surface area contributed by atoms with Crippen molar-refractivity contribution in [1.82, 2.24) is 15.1 Å². The molecule has 1 saturated heterocycles. The van der Waals surface area contributed by atoms with Gasteiger partial charge in [-0.3, -0.25) is 9.52 Å². The van der Waals surface area contributed by atoms with Gasteiger partial charge in [-0.05, 0) is 24.6 Å². The summed E-state index contributed by atoms with van der Waals surface area (Å²) in [5.41, 5.74) is 0.409. The van der Waals surface area contributed by atoms with Crippen molar-refractivity contribution in [2.45, 2.75) is 18.2 Å². The van der Waals surface area contributed by atoms with E-state index in [9.17, 15) is 13.2 Å². The first kappa shape index (κ1) is 20.3. The van der Waals surface area contributed by atoms with Crippen LogP contribution in [0, 0.1) is 6.92 Å². The lowest BCUT2D eigenvalue weighted by Gasteiger charge is -2.26. The Morgan fingerprint density at radius 3 is 2.67 bits per heavy atom. The van der Waals surface area contributed by atoms with Crippen molar-refractivity contribution in [3.8, 4) is 0 Å². The number of aromatic nitrogens is 2. The number of benzene rings is 1. The monoisotopic (exact) mass is 450 g/mol. The number of sulfonamides is 1. The van der Waals surface area contributed by atoms with Gasteiger partial charge in [-0.2, -0.15) is 0 Å². The lowest BCUT2D eigenvalue weighted by atomic mass is 10.2. The molecule has 1 aromatic carbocycles. The smallest absolute Gasteiger partial charge is 0.265 e. The molecule has 0 atom stereocenters. The van der Waals surface area contributed by atoms with E-state index in [4.69, 9.17) is 27.9 Å². The van der Waals surface area contributed by atoms with E-state index in [2.05, 4.69) is 14.9 Å². The molecule has 1 amide bonds. The molecule has 27 heavy (non-hydrogen) atoms. The number of aryl methyl sites for hydroxylation is 1. The summed E-state index contributed by atoms with van der Waals surface area (Å²) in [6.07, 6.45) is 0.0557. The van der Waals surface area contributed by atoms with Crippen LogP contribution in [0.3, 0.4) is 0 Å². The number of hydrogen-bond donors (Lipinski definition) is 1. The highest BCUT2D eigenvalue weighted by molar-refractivity contribution is 7.93. The van der Waals surface area contributed by atoms with Crippen LogP contribution in [0.2, 0.25) is 10.0 Å². The average molecular weight is 451 g/mol. The van der Waals surface area contributed by atoms with Crippen LogP contribution < -0.4 is 4.72 Å². The van der Waals surface area contributed by atoms with Crippen molar-refractivity contribution >= 4 is 55.6 Å². The van der Waals surface area contributed by atoms with E-state index in [1.807, 2.05) is 0 Å². The largest absolute Gasteiger partial charge is 0.378 e. The van der Waals surface area contributed by atoms with E-state index in [0.717, 1.165) is 11.3 Å². The Labute approximate surface area is 170 Å². The summed E-state index contributed by atoms with van der Waals surface area (Å²) in [4.78, 5) is 13.9. The van der Waals surface area contributed by atoms with E-state index in [-0.39, 0.29) is 27.4 Å². The summed E-state index contributed by atoms with van der Waals surface area (Å²) in [6.45, 7) is 3.68. The molecule has 2 heterocycles. The first-order valence-corrected chi connectivity index (χ1v) is 11.0. The fraction of sp³-hybridized carbons (Fsp3) is 0.400. The van der Waals surface area contributed by atoms with Crippen LogP contribution in [0.5, 0.6) is 0 Å². The molecule has 1 aromatic heterocycles. The minimum absolute atomic E-state index is 0.0136. The van der Waals surface area contributed by atoms with E-state index in [1.54, 1.807) is 11.8 Å². The van der Waals surface area contributed by atoms with Gasteiger partial charge >= 0.3 is 0 Å². The second-order valence-electron chi connectivity index (χ2n) is 5.81. The normalized spacial score (nSPS) is 15.0. The lowest BCUT2D eigenvalue weighted by Crippen LogP contribution is -2.41. The number of nitrogens with one attached hydrogen (secondary N) is 1. The van der Waals surface area contributed by atoms with Crippen molar-refractivity contribution < 1.29 is 17.9 Å². The van der Waals surface area contributed by atoms with Crippen LogP contribution in [0.25, 0.3) is 0 Å². The molecule has 0 spiro atoms. The first-order chi connectivity index (χ1) is 12.8. The van der Waals surface area contributed by atoms with Gasteiger partial charge in [0.2, 0.25) is 11.0 Å². The molecule has 12 heteroatoms. The van der Waals surface area contributed by atoms with Gasteiger partial charge in [0, 0.05) is 18.1 Å². The van der Waals surface area contributed by atoms with Crippen molar-refractivity contribution in [3.05, 3.63) is 32.7 Å². The summed E-state index contributed by atoms with van der Waals surface area (Å²) >= 11 is 12.9. The summed E-state index contributed by atoms with van der Waals surface area (Å²) in [7, 11) is -3.97. The van der Waals surface area contributed by atoms with Crippen LogP contribution in [0.1, 0.15) is 10.6 Å². The van der Waals surface area contributed by atoms with Crippen LogP contribution in [0.4, 0.5) is 5.13 Å². The number of ether oxygens (including phenoxy) is 1. The third kappa shape index (κ3) is 4.88. The SMILES string of the molecule is Cc1cc(Cl)cc(Cl)c1S(=O)(=O)Nc1nnc(CC(=O)N2CCOCC2)s1. The van der Waals surface area contributed by atoms with Gasteiger partial charge in [0.25, 0.3) is 10.0 Å². The Hall–Kier alpha value is -1.46. The number of anilines is 1. The highest BCUT2D eigenvalue weighted by Crippen LogP contribution is 2.31. The molecular formula is C15H16Cl2N4O4S2. The Balaban J connectivity index is 1.72. The number of carbonyl (C=O) groups excluding carboxylic acids is 1. The number of rotatable bonds is 5. The summed E-state index contributed by atoms with van der Waals surface area (Å²) < 4.78 is 32.9. The fourth-order valence-electron chi connectivity index (χ4n) is 2.62. The molecule has 1 N–H and O–H groups in total. The Morgan fingerprint density at radius 2 is 2.00 bits per heavy atom. The lowest BCUT2D eigenvalue weighted by molar-refractivity contribution is -0.134. The van der Waals surface area contributed by atoms with Crippen molar-refractivity contribution in [2.24, 2.45) is 0 Å². The quantitative estimate of drug-likeness (QED) is 0.749. The fourth-order valence-corrected chi connectivity index (χ4v) is 5.76. The predicted octanol–water partition coefficient (Wildman–Crippen LogP) is 2.36. The number of morpholine rings is 1. The minimum Gasteiger partial charge on any atom is -0.378 e. The van der Waals surface area contributed by atoms with Crippen LogP contribution in [-0.2, 0) is 26.0 Å². The topological polar surface area (TPSA) is 101 Å². The molecular weight excluding hydrogens is 435 g/mol. The highest BCUT2D eigenvalue weighted by atomic mass is 35.5. The van der Waals surface area contributed by atoms with Gasteiger partial charge < -0.3 is 9.64 Å². The first-order valence-electron chi connectivity index (χ1n) is 7.92. The number of halogens is 2. The zero-order valence-corrected chi connectivity index (χ0v) is 17.4. The van der Waals surface area contributed by atoms with E-state index in [1.165, 1.54) is 12.1 Å². The third-order valence-corrected chi connectivity index (χ3v) is 6.96. The van der Waals surface area contributed by atoms with Gasteiger partial charge in [-0.25, -0.2) is 8.42 Å². The average Bonchev–Trinajstić information content (AvgIpc) is 3.00. The molecule has 0 unspecified atom stereocenters. The molecule has 0 radical (unpaired) electrons. The molecule has 1 aliphatic rings. The van der Waals surface area contributed by atoms with Gasteiger partial charge in [0.1, 0.15) is 9.90 Å². The second-order valence-corrected chi connectivity index (χ2v) is 9.33. The van der Waals surface area contributed by atoms with Crippen molar-refractivity contribution in [1.29, 1.82) is 0 Å². The number of amides is 1. The van der Waals surface area contributed by atoms with Gasteiger partial charge in [-0.1, -0.05) is 34.5 Å². The van der Waals surface area contributed by atoms with Crippen molar-refractivity contribution in [2.75, 3.05) is 31.0 Å². The standard InChI is InChI=1S/C15H16Cl2N4O4S2/c1-9-6-10(16)7-11(17)14(9)27(23,24)20-15-19-18-12(26-15)8-13(22)21-2-4-25-5-3-21/h6-7H,2-5,8H2,1H3,(H,19,20). The highest BCUT2D eigenvalue weighted by Gasteiger charge is 2.24. The molecule has 0 aliphatic carbocycles. The van der Waals surface area contributed by atoms with Crippen LogP contribution >= 0.6 is 34.5 Å². The second kappa shape index (κ2) is 8.27. The van der Waals surface area contributed by atoms with E-state index >= 15 is 0 Å². The maximum absolute atomic E-state index is 12.6. The molecule has 146 valence electrons. The summed E-state index contributed by atoms with van der Waals surface area (Å²) in [6, 6.07) is 2.87. The molecule has 1 aliphatic heterocycles. The predicted molar refractivity (Wildman–Crippen MR) is 103 cm³/mol. The van der Waals surface area contributed by atoms with Crippen LogP contribution in [0.15, 0.2) is 17.0 Å². The van der Waals surface area contributed by atoms with Gasteiger partial charge in [-0.15, -0.1) is 10.2 Å². The van der Waals surface area contributed by atoms with Gasteiger partial charge in [0.15, 0.2) is 0 Å². The number of carbonyl (C=O) groups is 1. The van der Waals surface area contributed by atoms with Crippen molar-refractivity contribution in [3.63, 3.8) is 0 Å². The Kier molecular flexibility index (Phi) is 6.21. The molecule has 3 rings (SSSR count). The Bertz CT molecular complexity index is 935. The Morgan fingerprint density at radius 1 is 1.30 bits per heavy atom.